The average molecular weight is 427 g/mol. The zero-order chi connectivity index (χ0) is 16.4. The van der Waals surface area contributed by atoms with Gasteiger partial charge in [0.15, 0.2) is 5.65 Å². The van der Waals surface area contributed by atoms with Crippen LogP contribution in [0.25, 0.3) is 16.9 Å². The third-order valence-corrected chi connectivity index (χ3v) is 4.55. The molecule has 4 aromatic rings. The number of hydrogen-bond donors (Lipinski definition) is 0. The van der Waals surface area contributed by atoms with Gasteiger partial charge in [0.05, 0.1) is 18.1 Å². The lowest BCUT2D eigenvalue weighted by atomic mass is 10.1. The first-order valence-electron chi connectivity index (χ1n) is 7.56. The van der Waals surface area contributed by atoms with Crippen molar-refractivity contribution in [3.63, 3.8) is 0 Å². The topological polar surface area (TPSA) is 39.4 Å². The van der Waals surface area contributed by atoms with E-state index in [1.807, 2.05) is 59.3 Å². The van der Waals surface area contributed by atoms with E-state index >= 15 is 0 Å². The molecule has 0 fully saturated rings. The van der Waals surface area contributed by atoms with Crippen LogP contribution in [0.4, 0.5) is 0 Å². The number of para-hydroxylation sites is 1. The summed E-state index contributed by atoms with van der Waals surface area (Å²) in [5.74, 6) is 0.823. The zero-order valence-corrected chi connectivity index (χ0v) is 14.9. The second-order valence-electron chi connectivity index (χ2n) is 5.35. The first kappa shape index (κ1) is 15.1. The monoisotopic (exact) mass is 427 g/mol. The molecule has 0 aliphatic carbocycles. The molecule has 0 N–H and O–H groups in total. The molecule has 0 bridgehead atoms. The van der Waals surface area contributed by atoms with Crippen LogP contribution in [0.2, 0.25) is 0 Å². The fourth-order valence-corrected chi connectivity index (χ4v) is 3.06. The van der Waals surface area contributed by atoms with E-state index in [4.69, 9.17) is 4.74 Å². The largest absolute Gasteiger partial charge is 0.488 e. The number of ether oxygens (including phenoxy) is 1. The number of benzene rings is 2. The van der Waals surface area contributed by atoms with Crippen molar-refractivity contribution < 1.29 is 4.74 Å². The van der Waals surface area contributed by atoms with Crippen molar-refractivity contribution in [1.29, 1.82) is 0 Å². The van der Waals surface area contributed by atoms with Crippen LogP contribution in [0.15, 0.2) is 73.2 Å². The van der Waals surface area contributed by atoms with Gasteiger partial charge in [0, 0.05) is 11.8 Å². The molecular formula is C19H14IN3O. The van der Waals surface area contributed by atoms with Crippen molar-refractivity contribution in [3.05, 3.63) is 82.5 Å². The van der Waals surface area contributed by atoms with Gasteiger partial charge in [-0.3, -0.25) is 9.38 Å². The number of nitrogens with zero attached hydrogens (tertiary/aromatic N) is 3. The number of aromatic nitrogens is 3. The fraction of sp³-hybridized carbons (Fsp3) is 0.0526. The molecule has 0 saturated heterocycles. The molecule has 5 heteroatoms. The van der Waals surface area contributed by atoms with Gasteiger partial charge in [-0.05, 0) is 40.3 Å². The second kappa shape index (κ2) is 6.60. The third kappa shape index (κ3) is 2.99. The second-order valence-corrected chi connectivity index (χ2v) is 6.46. The Morgan fingerprint density at radius 3 is 2.58 bits per heavy atom. The highest BCUT2D eigenvalue weighted by atomic mass is 127. The number of halogens is 1. The van der Waals surface area contributed by atoms with E-state index < -0.39 is 0 Å². The predicted octanol–water partition coefficient (Wildman–Crippen LogP) is 4.58. The molecule has 0 spiro atoms. The van der Waals surface area contributed by atoms with Gasteiger partial charge >= 0.3 is 0 Å². The molecular weight excluding hydrogens is 413 g/mol. The van der Waals surface area contributed by atoms with Gasteiger partial charge in [0.25, 0.3) is 0 Å². The number of rotatable bonds is 4. The Morgan fingerprint density at radius 2 is 1.71 bits per heavy atom. The molecule has 0 unspecified atom stereocenters. The summed E-state index contributed by atoms with van der Waals surface area (Å²) >= 11 is 2.26. The van der Waals surface area contributed by atoms with E-state index in [0.717, 1.165) is 31.9 Å². The van der Waals surface area contributed by atoms with E-state index in [1.54, 1.807) is 6.20 Å². The van der Waals surface area contributed by atoms with Gasteiger partial charge < -0.3 is 4.74 Å². The number of imidazole rings is 1. The lowest BCUT2D eigenvalue weighted by molar-refractivity contribution is 0.307. The lowest BCUT2D eigenvalue weighted by Gasteiger charge is -2.11. The molecule has 4 nitrogen and oxygen atoms in total. The van der Waals surface area contributed by atoms with Crippen molar-refractivity contribution in [2.75, 3.05) is 0 Å². The normalized spacial score (nSPS) is 10.9. The standard InChI is InChI=1S/C19H14IN3O/c20-18-10-22-19-11-21-16(12-23(18)19)15-8-4-5-9-17(15)24-13-14-6-2-1-3-7-14/h1-12H,13H2. The first-order chi connectivity index (χ1) is 11.8. The smallest absolute Gasteiger partial charge is 0.156 e. The van der Waals surface area contributed by atoms with Crippen LogP contribution in [-0.2, 0) is 6.61 Å². The van der Waals surface area contributed by atoms with Crippen LogP contribution in [0.3, 0.4) is 0 Å². The minimum absolute atomic E-state index is 0.530. The van der Waals surface area contributed by atoms with E-state index in [-0.39, 0.29) is 0 Å². The van der Waals surface area contributed by atoms with Gasteiger partial charge in [0.2, 0.25) is 0 Å². The van der Waals surface area contributed by atoms with Crippen molar-refractivity contribution in [2.24, 2.45) is 0 Å². The van der Waals surface area contributed by atoms with Crippen LogP contribution in [0.1, 0.15) is 5.56 Å². The Kier molecular flexibility index (Phi) is 4.17. The first-order valence-corrected chi connectivity index (χ1v) is 8.64. The Bertz CT molecular complexity index is 982. The van der Waals surface area contributed by atoms with Gasteiger partial charge in [-0.25, -0.2) is 4.98 Å². The maximum absolute atomic E-state index is 6.03. The molecule has 0 atom stereocenters. The van der Waals surface area contributed by atoms with Crippen molar-refractivity contribution in [1.82, 2.24) is 14.4 Å². The van der Waals surface area contributed by atoms with Gasteiger partial charge in [-0.2, -0.15) is 0 Å². The molecule has 118 valence electrons. The van der Waals surface area contributed by atoms with Gasteiger partial charge in [-0.1, -0.05) is 42.5 Å². The highest BCUT2D eigenvalue weighted by molar-refractivity contribution is 14.1. The average Bonchev–Trinajstić information content (AvgIpc) is 3.02. The molecule has 0 saturated carbocycles. The van der Waals surface area contributed by atoms with Gasteiger partial charge in [0.1, 0.15) is 16.1 Å². The summed E-state index contributed by atoms with van der Waals surface area (Å²) in [6.45, 7) is 0.530. The van der Waals surface area contributed by atoms with Crippen LogP contribution >= 0.6 is 22.6 Å². The molecule has 0 aliphatic heterocycles. The summed E-state index contributed by atoms with van der Waals surface area (Å²) in [6.07, 6.45) is 5.61. The molecule has 0 radical (unpaired) electrons. The summed E-state index contributed by atoms with van der Waals surface area (Å²) in [6, 6.07) is 18.1. The van der Waals surface area contributed by atoms with Crippen molar-refractivity contribution >= 4 is 28.2 Å². The van der Waals surface area contributed by atoms with E-state index in [1.165, 1.54) is 0 Å². The van der Waals surface area contributed by atoms with E-state index in [0.29, 0.717) is 6.61 Å². The van der Waals surface area contributed by atoms with Crippen molar-refractivity contribution in [2.45, 2.75) is 6.61 Å². The number of hydrogen-bond acceptors (Lipinski definition) is 3. The lowest BCUT2D eigenvalue weighted by Crippen LogP contribution is -1.98. The molecule has 0 amide bonds. The summed E-state index contributed by atoms with van der Waals surface area (Å²) in [5, 5.41) is 0. The van der Waals surface area contributed by atoms with E-state index in [9.17, 15) is 0 Å². The van der Waals surface area contributed by atoms with Crippen LogP contribution in [0, 0.1) is 3.70 Å². The Labute approximate surface area is 153 Å². The zero-order valence-electron chi connectivity index (χ0n) is 12.8. The molecule has 24 heavy (non-hydrogen) atoms. The predicted molar refractivity (Wildman–Crippen MR) is 102 cm³/mol. The molecule has 4 rings (SSSR count). The summed E-state index contributed by atoms with van der Waals surface area (Å²) < 4.78 is 9.11. The minimum atomic E-state index is 0.530. The van der Waals surface area contributed by atoms with Crippen LogP contribution in [-0.4, -0.2) is 14.4 Å². The highest BCUT2D eigenvalue weighted by Gasteiger charge is 2.10. The summed E-state index contributed by atoms with van der Waals surface area (Å²) in [4.78, 5) is 8.85. The Balaban J connectivity index is 1.68. The van der Waals surface area contributed by atoms with Crippen LogP contribution in [0.5, 0.6) is 5.75 Å². The minimum Gasteiger partial charge on any atom is -0.488 e. The SMILES string of the molecule is Ic1cnc2cnc(-c3ccccc3OCc3ccccc3)cn12. The Hall–Kier alpha value is -2.41. The summed E-state index contributed by atoms with van der Waals surface area (Å²) in [7, 11) is 0. The Morgan fingerprint density at radius 1 is 0.917 bits per heavy atom. The molecule has 2 aromatic heterocycles. The van der Waals surface area contributed by atoms with Gasteiger partial charge in [-0.15, -0.1) is 0 Å². The quantitative estimate of drug-likeness (QED) is 0.448. The third-order valence-electron chi connectivity index (χ3n) is 3.75. The molecule has 0 aliphatic rings. The molecule has 2 heterocycles. The summed E-state index contributed by atoms with van der Waals surface area (Å²) in [5.41, 5.74) is 3.81. The fourth-order valence-electron chi connectivity index (χ4n) is 2.54. The highest BCUT2D eigenvalue weighted by Crippen LogP contribution is 2.29. The maximum Gasteiger partial charge on any atom is 0.156 e. The molecule has 2 aromatic carbocycles. The number of fused-ring (bicyclic) bond motifs is 1. The van der Waals surface area contributed by atoms with Crippen molar-refractivity contribution in [3.8, 4) is 17.0 Å². The van der Waals surface area contributed by atoms with Crippen LogP contribution < -0.4 is 4.74 Å². The van der Waals surface area contributed by atoms with E-state index in [2.05, 4.69) is 44.7 Å². The maximum atomic E-state index is 6.03.